The van der Waals surface area contributed by atoms with Crippen LogP contribution in [0.2, 0.25) is 0 Å². The van der Waals surface area contributed by atoms with Gasteiger partial charge in [0, 0.05) is 11.3 Å². The van der Waals surface area contributed by atoms with E-state index in [-0.39, 0.29) is 17.0 Å². The van der Waals surface area contributed by atoms with Crippen LogP contribution in [0.5, 0.6) is 5.75 Å². The van der Waals surface area contributed by atoms with Crippen molar-refractivity contribution in [3.8, 4) is 11.8 Å². The molecule has 0 spiro atoms. The van der Waals surface area contributed by atoms with Crippen LogP contribution >= 0.6 is 11.3 Å². The van der Waals surface area contributed by atoms with Crippen molar-refractivity contribution in [1.29, 1.82) is 5.26 Å². The van der Waals surface area contributed by atoms with Gasteiger partial charge in [0.2, 0.25) is 5.78 Å². The van der Waals surface area contributed by atoms with Crippen molar-refractivity contribution in [1.82, 2.24) is 0 Å². The molecule has 0 atom stereocenters. The number of ketones is 1. The van der Waals surface area contributed by atoms with Crippen molar-refractivity contribution in [3.05, 3.63) is 70.6 Å². The molecule has 0 aliphatic rings. The average molecular weight is 349 g/mol. The fourth-order valence-corrected chi connectivity index (χ4v) is 3.41. The summed E-state index contributed by atoms with van der Waals surface area (Å²) in [6, 6.07) is 18.3. The minimum absolute atomic E-state index is 0.193. The van der Waals surface area contributed by atoms with Gasteiger partial charge >= 0.3 is 0 Å². The molecule has 0 bridgehead atoms. The zero-order valence-electron chi connectivity index (χ0n) is 13.4. The monoisotopic (exact) mass is 349 g/mol. The summed E-state index contributed by atoms with van der Waals surface area (Å²) in [4.78, 5) is 13.1. The third kappa shape index (κ3) is 3.32. The topological polar surface area (TPSA) is 88.1 Å². The number of thiophene rings is 1. The number of nitrogens with one attached hydrogen (secondary N) is 1. The Labute approximate surface area is 149 Å². The molecule has 1 heterocycles. The highest BCUT2D eigenvalue weighted by molar-refractivity contribution is 7.19. The Morgan fingerprint density at radius 2 is 1.96 bits per heavy atom. The van der Waals surface area contributed by atoms with Crippen molar-refractivity contribution >= 4 is 33.5 Å². The summed E-state index contributed by atoms with van der Waals surface area (Å²) in [5, 5.41) is 13.1. The standard InChI is InChI=1S/C19H15N3O2S/c1-24-14-9-5-6-12(10-14)17(23)18-16(21)15(11-20)19(25-18)22-13-7-3-2-4-8-13/h2-10,22H,21H2,1H3. The van der Waals surface area contributed by atoms with E-state index in [9.17, 15) is 10.1 Å². The second kappa shape index (κ2) is 7.07. The van der Waals surface area contributed by atoms with Crippen LogP contribution in [-0.2, 0) is 0 Å². The van der Waals surface area contributed by atoms with E-state index in [0.717, 1.165) is 5.69 Å². The number of carbonyl (C=O) groups is 1. The van der Waals surface area contributed by atoms with E-state index < -0.39 is 0 Å². The molecule has 5 nitrogen and oxygen atoms in total. The SMILES string of the molecule is COc1cccc(C(=O)c2sc(Nc3ccccc3)c(C#N)c2N)c1. The highest BCUT2D eigenvalue weighted by Gasteiger charge is 2.22. The molecule has 3 N–H and O–H groups in total. The van der Waals surface area contributed by atoms with Crippen LogP contribution in [0, 0.1) is 11.3 Å². The molecule has 0 fully saturated rings. The van der Waals surface area contributed by atoms with E-state index in [2.05, 4.69) is 11.4 Å². The summed E-state index contributed by atoms with van der Waals surface area (Å²) in [6.07, 6.45) is 0. The number of nitriles is 1. The van der Waals surface area contributed by atoms with Crippen LogP contribution in [-0.4, -0.2) is 12.9 Å². The van der Waals surface area contributed by atoms with Crippen molar-refractivity contribution in [2.45, 2.75) is 0 Å². The van der Waals surface area contributed by atoms with Crippen molar-refractivity contribution in [2.75, 3.05) is 18.2 Å². The Kier molecular flexibility index (Phi) is 4.68. The van der Waals surface area contributed by atoms with E-state index >= 15 is 0 Å². The zero-order valence-corrected chi connectivity index (χ0v) is 14.3. The second-order valence-corrected chi connectivity index (χ2v) is 6.23. The molecule has 2 aromatic carbocycles. The average Bonchev–Trinajstić information content (AvgIpc) is 2.97. The normalized spacial score (nSPS) is 10.1. The van der Waals surface area contributed by atoms with E-state index in [1.165, 1.54) is 11.3 Å². The molecule has 3 aromatic rings. The Hall–Kier alpha value is -3.30. The van der Waals surface area contributed by atoms with Gasteiger partial charge in [-0.05, 0) is 24.3 Å². The summed E-state index contributed by atoms with van der Waals surface area (Å²) in [5.74, 6) is 0.350. The molecule has 0 saturated carbocycles. The third-order valence-corrected chi connectivity index (χ3v) is 4.75. The first-order valence-electron chi connectivity index (χ1n) is 7.47. The van der Waals surface area contributed by atoms with Crippen LogP contribution in [0.25, 0.3) is 0 Å². The number of carbonyl (C=O) groups excluding carboxylic acids is 1. The third-order valence-electron chi connectivity index (χ3n) is 3.63. The van der Waals surface area contributed by atoms with Gasteiger partial charge in [-0.3, -0.25) is 4.79 Å². The largest absolute Gasteiger partial charge is 0.497 e. The lowest BCUT2D eigenvalue weighted by Crippen LogP contribution is -2.03. The number of anilines is 3. The van der Waals surface area contributed by atoms with Gasteiger partial charge in [0.05, 0.1) is 12.8 Å². The maximum absolute atomic E-state index is 12.8. The molecule has 0 saturated heterocycles. The fraction of sp³-hybridized carbons (Fsp3) is 0.0526. The Balaban J connectivity index is 1.99. The smallest absolute Gasteiger partial charge is 0.205 e. The van der Waals surface area contributed by atoms with E-state index in [1.807, 2.05) is 30.3 Å². The van der Waals surface area contributed by atoms with Crippen LogP contribution in [0.1, 0.15) is 20.8 Å². The first-order valence-corrected chi connectivity index (χ1v) is 8.29. The van der Waals surface area contributed by atoms with Crippen LogP contribution in [0.15, 0.2) is 54.6 Å². The van der Waals surface area contributed by atoms with Gasteiger partial charge in [-0.15, -0.1) is 11.3 Å². The molecule has 0 amide bonds. The quantitative estimate of drug-likeness (QED) is 0.675. The molecule has 0 aliphatic heterocycles. The van der Waals surface area contributed by atoms with Gasteiger partial charge in [-0.25, -0.2) is 0 Å². The van der Waals surface area contributed by atoms with Gasteiger partial charge in [-0.1, -0.05) is 30.3 Å². The number of rotatable bonds is 5. The predicted octanol–water partition coefficient (Wildman–Crippen LogP) is 4.19. The molecular formula is C19H15N3O2S. The minimum Gasteiger partial charge on any atom is -0.497 e. The van der Waals surface area contributed by atoms with Gasteiger partial charge in [0.15, 0.2) is 0 Å². The highest BCUT2D eigenvalue weighted by atomic mass is 32.1. The van der Waals surface area contributed by atoms with Crippen molar-refractivity contribution < 1.29 is 9.53 Å². The summed E-state index contributed by atoms with van der Waals surface area (Å²) < 4.78 is 5.16. The van der Waals surface area contributed by atoms with Crippen molar-refractivity contribution in [3.63, 3.8) is 0 Å². The summed E-state index contributed by atoms with van der Waals surface area (Å²) in [7, 11) is 1.54. The second-order valence-electron chi connectivity index (χ2n) is 5.21. The van der Waals surface area contributed by atoms with Gasteiger partial charge in [0.1, 0.15) is 27.3 Å². The highest BCUT2D eigenvalue weighted by Crippen LogP contribution is 2.38. The molecule has 25 heavy (non-hydrogen) atoms. The fourth-order valence-electron chi connectivity index (χ4n) is 2.36. The Bertz CT molecular complexity index is 959. The van der Waals surface area contributed by atoms with E-state index in [0.29, 0.717) is 21.2 Å². The number of hydrogen-bond acceptors (Lipinski definition) is 6. The zero-order chi connectivity index (χ0) is 17.8. The molecule has 0 radical (unpaired) electrons. The Morgan fingerprint density at radius 1 is 1.20 bits per heavy atom. The van der Waals surface area contributed by atoms with Gasteiger partial charge in [0.25, 0.3) is 0 Å². The molecule has 6 heteroatoms. The number of benzene rings is 2. The van der Waals surface area contributed by atoms with Crippen molar-refractivity contribution in [2.24, 2.45) is 0 Å². The summed E-state index contributed by atoms with van der Waals surface area (Å²) in [5.41, 5.74) is 7.83. The summed E-state index contributed by atoms with van der Waals surface area (Å²) in [6.45, 7) is 0. The number of methoxy groups -OCH3 is 1. The molecule has 1 aromatic heterocycles. The molecular weight excluding hydrogens is 334 g/mol. The minimum atomic E-state index is -0.237. The van der Waals surface area contributed by atoms with Crippen LogP contribution in [0.3, 0.4) is 0 Å². The molecule has 0 aliphatic carbocycles. The number of ether oxygens (including phenoxy) is 1. The number of para-hydroxylation sites is 1. The molecule has 124 valence electrons. The predicted molar refractivity (Wildman–Crippen MR) is 99.6 cm³/mol. The maximum Gasteiger partial charge on any atom is 0.205 e. The Morgan fingerprint density at radius 3 is 2.64 bits per heavy atom. The van der Waals surface area contributed by atoms with E-state index in [1.54, 1.807) is 31.4 Å². The summed E-state index contributed by atoms with van der Waals surface area (Å²) >= 11 is 1.17. The van der Waals surface area contributed by atoms with Crippen LogP contribution < -0.4 is 15.8 Å². The number of nitrogen functional groups attached to an aromatic ring is 1. The van der Waals surface area contributed by atoms with Gasteiger partial charge in [-0.2, -0.15) is 5.26 Å². The first-order chi connectivity index (χ1) is 12.1. The maximum atomic E-state index is 12.8. The lowest BCUT2D eigenvalue weighted by molar-refractivity contribution is 0.104. The number of hydrogen-bond donors (Lipinski definition) is 2. The molecule has 0 unspecified atom stereocenters. The van der Waals surface area contributed by atoms with Gasteiger partial charge < -0.3 is 15.8 Å². The lowest BCUT2D eigenvalue weighted by Gasteiger charge is -2.03. The lowest BCUT2D eigenvalue weighted by atomic mass is 10.1. The molecule has 3 rings (SSSR count). The first kappa shape index (κ1) is 16.6. The number of nitrogens with zero attached hydrogens (tertiary/aromatic N) is 1. The van der Waals surface area contributed by atoms with E-state index in [4.69, 9.17) is 10.5 Å². The number of nitrogens with two attached hydrogens (primary N) is 1. The van der Waals surface area contributed by atoms with Crippen LogP contribution in [0.4, 0.5) is 16.4 Å².